The van der Waals surface area contributed by atoms with Gasteiger partial charge >= 0.3 is 0 Å². The van der Waals surface area contributed by atoms with Gasteiger partial charge in [-0.2, -0.15) is 0 Å². The third-order valence-electron chi connectivity index (χ3n) is 3.54. The highest BCUT2D eigenvalue weighted by Crippen LogP contribution is 2.35. The molecular weight excluding hydrogens is 306 g/mol. The van der Waals surface area contributed by atoms with Crippen molar-refractivity contribution in [1.29, 1.82) is 0 Å². The minimum atomic E-state index is -0.127. The summed E-state index contributed by atoms with van der Waals surface area (Å²) in [6.45, 7) is 0. The Morgan fingerprint density at radius 3 is 2.74 bits per heavy atom. The van der Waals surface area contributed by atoms with E-state index in [4.69, 9.17) is 0 Å². The van der Waals surface area contributed by atoms with E-state index in [1.807, 2.05) is 18.2 Å². The molecule has 5 heteroatoms. The van der Waals surface area contributed by atoms with Crippen LogP contribution in [0.3, 0.4) is 0 Å². The second-order valence-corrected chi connectivity index (χ2v) is 5.60. The average Bonchev–Trinajstić information content (AvgIpc) is 2.96. The molecule has 0 unspecified atom stereocenters. The minimum absolute atomic E-state index is 0.127. The van der Waals surface area contributed by atoms with Gasteiger partial charge in [-0.05, 0) is 40.9 Å². The lowest BCUT2D eigenvalue weighted by Crippen LogP contribution is -2.15. The van der Waals surface area contributed by atoms with Crippen molar-refractivity contribution in [2.24, 2.45) is 0 Å². The first-order chi connectivity index (χ1) is 9.25. The quantitative estimate of drug-likeness (QED) is 0.924. The Morgan fingerprint density at radius 1 is 1.26 bits per heavy atom. The minimum Gasteiger partial charge on any atom is -0.304 e. The number of nitrogens with one attached hydrogen (secondary N) is 1. The van der Waals surface area contributed by atoms with Crippen LogP contribution in [-0.2, 0) is 0 Å². The number of hydrogen-bond donors (Lipinski definition) is 1. The maximum absolute atomic E-state index is 12.0. The number of rotatable bonds is 2. The number of H-pyrrole nitrogens is 1. The molecule has 2 heterocycles. The van der Waals surface area contributed by atoms with Crippen LogP contribution in [0.4, 0.5) is 0 Å². The van der Waals surface area contributed by atoms with Crippen molar-refractivity contribution in [2.75, 3.05) is 0 Å². The maximum atomic E-state index is 12.0. The van der Waals surface area contributed by atoms with Gasteiger partial charge in [0.1, 0.15) is 10.2 Å². The normalized spacial score (nSPS) is 15.8. The van der Waals surface area contributed by atoms with E-state index >= 15 is 0 Å². The summed E-state index contributed by atoms with van der Waals surface area (Å²) in [6, 6.07) is 5.59. The molecule has 1 N–H and O–H groups in total. The molecule has 2 aromatic heterocycles. The summed E-state index contributed by atoms with van der Waals surface area (Å²) < 4.78 is 0.569. The molecule has 0 amide bonds. The zero-order chi connectivity index (χ0) is 13.2. The Balaban J connectivity index is 2.10. The Kier molecular flexibility index (Phi) is 3.46. The van der Waals surface area contributed by atoms with Crippen molar-refractivity contribution >= 4 is 15.9 Å². The van der Waals surface area contributed by atoms with Crippen molar-refractivity contribution in [1.82, 2.24) is 15.0 Å². The van der Waals surface area contributed by atoms with Gasteiger partial charge in [-0.1, -0.05) is 18.9 Å². The van der Waals surface area contributed by atoms with E-state index in [0.717, 1.165) is 18.5 Å². The number of hydrogen-bond acceptors (Lipinski definition) is 3. The molecule has 19 heavy (non-hydrogen) atoms. The third kappa shape index (κ3) is 2.47. The highest BCUT2D eigenvalue weighted by Gasteiger charge is 2.23. The van der Waals surface area contributed by atoms with Gasteiger partial charge in [-0.25, -0.2) is 4.98 Å². The van der Waals surface area contributed by atoms with Gasteiger partial charge in [0.25, 0.3) is 5.56 Å². The van der Waals surface area contributed by atoms with Crippen LogP contribution in [0.1, 0.15) is 37.3 Å². The van der Waals surface area contributed by atoms with Crippen molar-refractivity contribution in [3.63, 3.8) is 0 Å². The van der Waals surface area contributed by atoms with Crippen LogP contribution in [0.25, 0.3) is 11.5 Å². The van der Waals surface area contributed by atoms with Crippen LogP contribution in [-0.4, -0.2) is 15.0 Å². The van der Waals surface area contributed by atoms with E-state index in [9.17, 15) is 4.79 Å². The zero-order valence-electron chi connectivity index (χ0n) is 10.4. The summed E-state index contributed by atoms with van der Waals surface area (Å²) in [5.74, 6) is 0.940. The first-order valence-electron chi connectivity index (χ1n) is 6.47. The first-order valence-corrected chi connectivity index (χ1v) is 7.26. The average molecular weight is 320 g/mol. The van der Waals surface area contributed by atoms with Gasteiger partial charge in [0.15, 0.2) is 5.82 Å². The van der Waals surface area contributed by atoms with Crippen LogP contribution >= 0.6 is 15.9 Å². The van der Waals surface area contributed by atoms with E-state index in [0.29, 0.717) is 21.9 Å². The molecule has 0 aromatic carbocycles. The fraction of sp³-hybridized carbons (Fsp3) is 0.357. The van der Waals surface area contributed by atoms with Crippen LogP contribution < -0.4 is 5.56 Å². The molecule has 3 rings (SSSR count). The monoisotopic (exact) mass is 319 g/mol. The van der Waals surface area contributed by atoms with E-state index in [1.165, 1.54) is 12.8 Å². The fourth-order valence-electron chi connectivity index (χ4n) is 2.57. The second kappa shape index (κ2) is 5.25. The summed E-state index contributed by atoms with van der Waals surface area (Å²) in [5.41, 5.74) is 1.45. The van der Waals surface area contributed by atoms with Gasteiger partial charge < -0.3 is 4.98 Å². The molecule has 2 aromatic rings. The molecule has 98 valence electrons. The number of aromatic amines is 1. The van der Waals surface area contributed by atoms with Crippen molar-refractivity contribution in [3.8, 4) is 11.5 Å². The number of aromatic nitrogens is 3. The van der Waals surface area contributed by atoms with Gasteiger partial charge in [0.2, 0.25) is 0 Å². The Labute approximate surface area is 119 Å². The molecule has 0 atom stereocenters. The van der Waals surface area contributed by atoms with Crippen LogP contribution in [0.15, 0.2) is 33.7 Å². The van der Waals surface area contributed by atoms with E-state index in [1.54, 1.807) is 6.20 Å². The lowest BCUT2D eigenvalue weighted by atomic mass is 10.0. The maximum Gasteiger partial charge on any atom is 0.265 e. The summed E-state index contributed by atoms with van der Waals surface area (Å²) in [5, 5.41) is 0. The highest BCUT2D eigenvalue weighted by molar-refractivity contribution is 9.10. The molecule has 1 aliphatic rings. The number of halogens is 1. The Hall–Kier alpha value is -1.49. The third-order valence-corrected chi connectivity index (χ3v) is 4.30. The SMILES string of the molecule is O=c1[nH]c(-c2ccccn2)nc(C2CCCC2)c1Br. The molecule has 1 aliphatic carbocycles. The van der Waals surface area contributed by atoms with E-state index < -0.39 is 0 Å². The molecule has 0 radical (unpaired) electrons. The van der Waals surface area contributed by atoms with E-state index in [2.05, 4.69) is 30.9 Å². The molecule has 1 fully saturated rings. The Morgan fingerprint density at radius 2 is 2.05 bits per heavy atom. The fourth-order valence-corrected chi connectivity index (χ4v) is 3.08. The van der Waals surface area contributed by atoms with Crippen LogP contribution in [0.2, 0.25) is 0 Å². The van der Waals surface area contributed by atoms with Gasteiger partial charge in [-0.3, -0.25) is 9.78 Å². The van der Waals surface area contributed by atoms with Crippen molar-refractivity contribution in [2.45, 2.75) is 31.6 Å². The summed E-state index contributed by atoms with van der Waals surface area (Å²) in [7, 11) is 0. The summed E-state index contributed by atoms with van der Waals surface area (Å²) >= 11 is 3.37. The molecule has 4 nitrogen and oxygen atoms in total. The summed E-state index contributed by atoms with van der Waals surface area (Å²) in [6.07, 6.45) is 6.34. The highest BCUT2D eigenvalue weighted by atomic mass is 79.9. The Bertz CT molecular complexity index is 633. The molecule has 1 saturated carbocycles. The predicted molar refractivity (Wildman–Crippen MR) is 77.0 cm³/mol. The first kappa shape index (κ1) is 12.5. The largest absolute Gasteiger partial charge is 0.304 e. The lowest BCUT2D eigenvalue weighted by Gasteiger charge is -2.11. The number of pyridine rings is 1. The standard InChI is InChI=1S/C14H14BrN3O/c15-11-12(9-5-1-2-6-9)17-13(18-14(11)19)10-7-3-4-8-16-10/h3-4,7-9H,1-2,5-6H2,(H,17,18,19). The zero-order valence-corrected chi connectivity index (χ0v) is 12.0. The summed E-state index contributed by atoms with van der Waals surface area (Å²) in [4.78, 5) is 23.7. The van der Waals surface area contributed by atoms with Crippen molar-refractivity contribution in [3.05, 3.63) is 44.9 Å². The van der Waals surface area contributed by atoms with Gasteiger partial charge in [-0.15, -0.1) is 0 Å². The number of nitrogens with zero attached hydrogens (tertiary/aromatic N) is 2. The smallest absolute Gasteiger partial charge is 0.265 e. The molecule has 0 saturated heterocycles. The van der Waals surface area contributed by atoms with Crippen molar-refractivity contribution < 1.29 is 0 Å². The van der Waals surface area contributed by atoms with E-state index in [-0.39, 0.29) is 5.56 Å². The van der Waals surface area contributed by atoms with Gasteiger partial charge in [0, 0.05) is 12.1 Å². The topological polar surface area (TPSA) is 58.6 Å². The lowest BCUT2D eigenvalue weighted by molar-refractivity contribution is 0.688. The predicted octanol–water partition coefficient (Wildman–Crippen LogP) is 3.25. The molecular formula is C14H14BrN3O. The molecule has 0 bridgehead atoms. The second-order valence-electron chi connectivity index (χ2n) is 4.81. The molecule has 0 aliphatic heterocycles. The molecule has 0 spiro atoms. The van der Waals surface area contributed by atoms with Crippen LogP contribution in [0.5, 0.6) is 0 Å². The van der Waals surface area contributed by atoms with Crippen LogP contribution in [0, 0.1) is 0 Å². The van der Waals surface area contributed by atoms with Gasteiger partial charge in [0.05, 0.1) is 5.69 Å².